The van der Waals surface area contributed by atoms with Gasteiger partial charge in [0.25, 0.3) is 5.91 Å². The Morgan fingerprint density at radius 3 is 1.58 bits per heavy atom. The first-order valence-electron chi connectivity index (χ1n) is 18.8. The van der Waals surface area contributed by atoms with E-state index in [2.05, 4.69) is 28.2 Å². The molecule has 12 nitrogen and oxygen atoms in total. The summed E-state index contributed by atoms with van der Waals surface area (Å²) in [6, 6.07) is 19.2. The van der Waals surface area contributed by atoms with Crippen LogP contribution < -0.4 is 0 Å². The number of carboxylic acids is 1. The van der Waals surface area contributed by atoms with Crippen LogP contribution in [-0.4, -0.2) is 84.7 Å². The van der Waals surface area contributed by atoms with Gasteiger partial charge in [0.2, 0.25) is 0 Å². The summed E-state index contributed by atoms with van der Waals surface area (Å²) in [5, 5.41) is 11.0. The van der Waals surface area contributed by atoms with Crippen LogP contribution in [0.2, 0.25) is 0 Å². The van der Waals surface area contributed by atoms with Gasteiger partial charge in [0, 0.05) is 88.9 Å². The van der Waals surface area contributed by atoms with E-state index in [4.69, 9.17) is 14.6 Å². The fraction of sp³-hybridized carbons (Fsp3) is 0.395. The first kappa shape index (κ1) is 37.5. The molecule has 3 aromatic carbocycles. The number of carboxylic acid groups (broad SMARTS) is 1. The smallest absolute Gasteiger partial charge is 0.410 e. The number of nitrogens with zero attached hydrogens (tertiary/aromatic N) is 3. The van der Waals surface area contributed by atoms with Crippen LogP contribution in [0.5, 0.6) is 0 Å². The molecule has 0 radical (unpaired) electrons. The van der Waals surface area contributed by atoms with Gasteiger partial charge in [-0.2, -0.15) is 0 Å². The zero-order chi connectivity index (χ0) is 39.2. The molecule has 0 spiro atoms. The van der Waals surface area contributed by atoms with E-state index in [-0.39, 0.29) is 23.7 Å². The molecule has 0 bridgehead atoms. The highest BCUT2D eigenvalue weighted by Gasteiger charge is 2.30. The van der Waals surface area contributed by atoms with Gasteiger partial charge in [-0.05, 0) is 95.5 Å². The number of benzene rings is 3. The molecule has 0 saturated carbocycles. The molecule has 0 unspecified atom stereocenters. The molecular formula is C43H49N5O7. The van der Waals surface area contributed by atoms with Gasteiger partial charge in [0.1, 0.15) is 11.2 Å². The summed E-state index contributed by atoms with van der Waals surface area (Å²) >= 11 is 0. The second kappa shape index (κ2) is 14.5. The van der Waals surface area contributed by atoms with Gasteiger partial charge in [-0.3, -0.25) is 4.79 Å². The monoisotopic (exact) mass is 747 g/mol. The highest BCUT2D eigenvalue weighted by molar-refractivity contribution is 5.99. The van der Waals surface area contributed by atoms with Gasteiger partial charge in [-0.25, -0.2) is 14.4 Å². The number of aromatic nitrogens is 2. The SMILES string of the molecule is CC(C)(C)OC(=O)N1CCc2[nH]c3ccc(C(=O)N4CCc5ccccc5C4)cc3c2C1.CC(C)(C)OC(=O)N1CCc2[nH]c3ccc(C(=O)O)cc3c2C1. The minimum atomic E-state index is -0.957. The summed E-state index contributed by atoms with van der Waals surface area (Å²) in [5.41, 5.74) is 8.57. The largest absolute Gasteiger partial charge is 0.478 e. The van der Waals surface area contributed by atoms with E-state index in [9.17, 15) is 19.2 Å². The highest BCUT2D eigenvalue weighted by atomic mass is 16.6. The lowest BCUT2D eigenvalue weighted by Crippen LogP contribution is -2.39. The average molecular weight is 748 g/mol. The van der Waals surface area contributed by atoms with Gasteiger partial charge < -0.3 is 39.2 Å². The first-order valence-corrected chi connectivity index (χ1v) is 18.8. The summed E-state index contributed by atoms with van der Waals surface area (Å²) in [7, 11) is 0. The average Bonchev–Trinajstić information content (AvgIpc) is 3.69. The Hall–Kier alpha value is -5.78. The molecule has 55 heavy (non-hydrogen) atoms. The van der Waals surface area contributed by atoms with E-state index in [0.29, 0.717) is 44.7 Å². The second-order valence-electron chi connectivity index (χ2n) is 16.5. The van der Waals surface area contributed by atoms with E-state index in [1.165, 1.54) is 11.1 Å². The van der Waals surface area contributed by atoms with Crippen molar-refractivity contribution in [2.75, 3.05) is 19.6 Å². The van der Waals surface area contributed by atoms with E-state index in [1.54, 1.807) is 28.0 Å². The third-order valence-corrected chi connectivity index (χ3v) is 10.2. The van der Waals surface area contributed by atoms with Crippen LogP contribution in [0.25, 0.3) is 21.8 Å². The molecule has 0 atom stereocenters. The van der Waals surface area contributed by atoms with E-state index in [0.717, 1.165) is 63.7 Å². The quantitative estimate of drug-likeness (QED) is 0.167. The Labute approximate surface area is 320 Å². The number of H-pyrrole nitrogens is 2. The van der Waals surface area contributed by atoms with Crippen molar-refractivity contribution in [1.82, 2.24) is 24.7 Å². The molecule has 3 aliphatic rings. The third-order valence-electron chi connectivity index (χ3n) is 10.2. The van der Waals surface area contributed by atoms with Crippen molar-refractivity contribution in [1.29, 1.82) is 0 Å². The van der Waals surface area contributed by atoms with Crippen LogP contribution in [0.3, 0.4) is 0 Å². The molecule has 3 N–H and O–H groups in total. The lowest BCUT2D eigenvalue weighted by Gasteiger charge is -2.30. The summed E-state index contributed by atoms with van der Waals surface area (Å²) in [6.07, 6.45) is 1.69. The summed E-state index contributed by atoms with van der Waals surface area (Å²) in [5.74, 6) is -0.905. The fourth-order valence-corrected chi connectivity index (χ4v) is 7.51. The van der Waals surface area contributed by atoms with Crippen LogP contribution in [0.15, 0.2) is 60.7 Å². The normalized spacial score (nSPS) is 15.4. The number of rotatable bonds is 2. The summed E-state index contributed by atoms with van der Waals surface area (Å²) in [6.45, 7) is 14.6. The molecule has 0 aliphatic carbocycles. The van der Waals surface area contributed by atoms with Crippen LogP contribution in [0.1, 0.15) is 95.9 Å². The second-order valence-corrected chi connectivity index (χ2v) is 16.5. The molecule has 0 saturated heterocycles. The minimum Gasteiger partial charge on any atom is -0.478 e. The maximum absolute atomic E-state index is 13.3. The van der Waals surface area contributed by atoms with E-state index in [1.807, 2.05) is 70.7 Å². The topological polar surface area (TPSA) is 148 Å². The number of aromatic carboxylic acids is 1. The van der Waals surface area contributed by atoms with Crippen molar-refractivity contribution < 1.29 is 33.8 Å². The Bertz CT molecular complexity index is 2310. The molecule has 5 heterocycles. The van der Waals surface area contributed by atoms with Gasteiger partial charge in [0.05, 0.1) is 18.7 Å². The number of nitrogens with one attached hydrogen (secondary N) is 2. The van der Waals surface area contributed by atoms with E-state index >= 15 is 0 Å². The van der Waals surface area contributed by atoms with Crippen LogP contribution >= 0.6 is 0 Å². The molecule has 3 aliphatic heterocycles. The number of ether oxygens (including phenoxy) is 2. The maximum atomic E-state index is 13.3. The van der Waals surface area contributed by atoms with Crippen LogP contribution in [0.4, 0.5) is 9.59 Å². The predicted octanol–water partition coefficient (Wildman–Crippen LogP) is 7.82. The predicted molar refractivity (Wildman–Crippen MR) is 209 cm³/mol. The number of hydrogen-bond donors (Lipinski definition) is 3. The van der Waals surface area contributed by atoms with Gasteiger partial charge in [0.15, 0.2) is 0 Å². The molecule has 2 aromatic heterocycles. The molecular weight excluding hydrogens is 699 g/mol. The van der Waals surface area contributed by atoms with Crippen molar-refractivity contribution in [3.8, 4) is 0 Å². The standard InChI is InChI=1S/C26H29N3O3.C17H20N2O4/c1-26(2,3)32-25(31)29-13-11-23-21(16-29)20-14-18(8-9-22(20)27-23)24(30)28-12-10-17-6-4-5-7-19(17)15-28;1-17(2,3)23-16(22)19-7-6-14-12(9-19)11-8-10(15(20)21)4-5-13(11)18-14/h4-9,14,27H,10-13,15-16H2,1-3H3;4-5,8,18H,6-7,9H2,1-3H3,(H,20,21). The fourth-order valence-electron chi connectivity index (χ4n) is 7.51. The van der Waals surface area contributed by atoms with Crippen LogP contribution in [-0.2, 0) is 48.4 Å². The summed E-state index contributed by atoms with van der Waals surface area (Å²) < 4.78 is 11.0. The molecule has 0 fully saturated rings. The molecule has 288 valence electrons. The number of aromatic amines is 2. The Morgan fingerprint density at radius 2 is 1.07 bits per heavy atom. The van der Waals surface area contributed by atoms with E-state index < -0.39 is 17.2 Å². The lowest BCUT2D eigenvalue weighted by molar-refractivity contribution is 0.0214. The maximum Gasteiger partial charge on any atom is 0.410 e. The zero-order valence-corrected chi connectivity index (χ0v) is 32.4. The lowest BCUT2D eigenvalue weighted by atomic mass is 9.98. The molecule has 8 rings (SSSR count). The first-order chi connectivity index (χ1) is 26.0. The summed E-state index contributed by atoms with van der Waals surface area (Å²) in [4.78, 5) is 61.5. The highest BCUT2D eigenvalue weighted by Crippen LogP contribution is 2.32. The molecule has 12 heteroatoms. The zero-order valence-electron chi connectivity index (χ0n) is 32.4. The Balaban J connectivity index is 0.000000179. The van der Waals surface area contributed by atoms with Crippen molar-refractivity contribution in [2.24, 2.45) is 0 Å². The minimum absolute atomic E-state index is 0.0520. The Morgan fingerprint density at radius 1 is 0.600 bits per heavy atom. The number of carbonyl (C=O) groups is 4. The molecule has 5 aromatic rings. The Kier molecular flexibility index (Phi) is 9.87. The van der Waals surface area contributed by atoms with Gasteiger partial charge in [-0.1, -0.05) is 24.3 Å². The number of fused-ring (bicyclic) bond motifs is 7. The third kappa shape index (κ3) is 8.18. The van der Waals surface area contributed by atoms with Crippen molar-refractivity contribution >= 4 is 45.9 Å². The molecule has 3 amide bonds. The van der Waals surface area contributed by atoms with Gasteiger partial charge >= 0.3 is 18.2 Å². The number of carbonyl (C=O) groups excluding carboxylic acids is 3. The number of amides is 3. The van der Waals surface area contributed by atoms with Crippen molar-refractivity contribution in [3.63, 3.8) is 0 Å². The van der Waals surface area contributed by atoms with Crippen molar-refractivity contribution in [2.45, 2.75) is 91.6 Å². The van der Waals surface area contributed by atoms with Crippen LogP contribution in [0, 0.1) is 0 Å². The van der Waals surface area contributed by atoms with Crippen molar-refractivity contribution in [3.05, 3.63) is 105 Å². The van der Waals surface area contributed by atoms with Gasteiger partial charge in [-0.15, -0.1) is 0 Å². The number of hydrogen-bond acceptors (Lipinski definition) is 6.